The van der Waals surface area contributed by atoms with Crippen LogP contribution < -0.4 is 14.9 Å². The Bertz CT molecular complexity index is 1050. The third-order valence-electron chi connectivity index (χ3n) is 3.82. The summed E-state index contributed by atoms with van der Waals surface area (Å²) in [6, 6.07) is 13.5. The Morgan fingerprint density at radius 2 is 1.89 bits per heavy atom. The molecule has 0 radical (unpaired) electrons. The molecular weight excluding hydrogens is 391 g/mol. The first kappa shape index (κ1) is 17.5. The van der Waals surface area contributed by atoms with E-state index in [0.29, 0.717) is 44.2 Å². The van der Waals surface area contributed by atoms with E-state index in [9.17, 15) is 4.79 Å². The molecule has 4 rings (SSSR count). The number of nitrogens with one attached hydrogen (secondary N) is 1. The van der Waals surface area contributed by atoms with Crippen LogP contribution >= 0.6 is 23.2 Å². The predicted octanol–water partition coefficient (Wildman–Crippen LogP) is 4.75. The number of hydrogen-bond donors (Lipinski definition) is 1. The van der Waals surface area contributed by atoms with Crippen LogP contribution in [-0.4, -0.2) is 18.9 Å². The molecule has 27 heavy (non-hydrogen) atoms. The average Bonchev–Trinajstić information content (AvgIpc) is 3.30. The van der Waals surface area contributed by atoms with Crippen molar-refractivity contribution in [3.05, 3.63) is 69.9 Å². The summed E-state index contributed by atoms with van der Waals surface area (Å²) >= 11 is 12.1. The molecule has 3 aromatic rings. The number of carbonyl (C=O) groups is 1. The Kier molecular flexibility index (Phi) is 4.75. The molecule has 2 aromatic carbocycles. The highest BCUT2D eigenvalue weighted by Crippen LogP contribution is 2.33. The molecule has 1 aliphatic heterocycles. The molecule has 6 nitrogen and oxygen atoms in total. The third-order valence-corrected chi connectivity index (χ3v) is 4.36. The molecule has 1 aromatic heterocycles. The largest absolute Gasteiger partial charge is 0.455 e. The van der Waals surface area contributed by atoms with Crippen molar-refractivity contribution in [3.63, 3.8) is 0 Å². The molecule has 2 heterocycles. The van der Waals surface area contributed by atoms with Gasteiger partial charge in [-0.15, -0.1) is 0 Å². The molecule has 1 aliphatic rings. The van der Waals surface area contributed by atoms with Crippen LogP contribution in [0, 0.1) is 0 Å². The molecule has 0 spiro atoms. The van der Waals surface area contributed by atoms with Crippen molar-refractivity contribution in [1.29, 1.82) is 0 Å². The first-order chi connectivity index (χ1) is 13.1. The van der Waals surface area contributed by atoms with Crippen LogP contribution in [0.4, 0.5) is 0 Å². The zero-order chi connectivity index (χ0) is 18.8. The van der Waals surface area contributed by atoms with Gasteiger partial charge in [0.2, 0.25) is 6.79 Å². The van der Waals surface area contributed by atoms with Crippen molar-refractivity contribution in [2.75, 3.05) is 6.79 Å². The summed E-state index contributed by atoms with van der Waals surface area (Å²) in [4.78, 5) is 12.2. The summed E-state index contributed by atoms with van der Waals surface area (Å²) in [5, 5.41) is 4.94. The first-order valence-corrected chi connectivity index (χ1v) is 8.64. The Hall–Kier alpha value is -2.96. The molecule has 0 saturated heterocycles. The number of hydrogen-bond acceptors (Lipinski definition) is 5. The van der Waals surface area contributed by atoms with Crippen LogP contribution in [-0.2, 0) is 0 Å². The molecule has 0 bridgehead atoms. The number of ether oxygens (including phenoxy) is 2. The number of fused-ring (bicyclic) bond motifs is 1. The van der Waals surface area contributed by atoms with E-state index in [1.54, 1.807) is 48.5 Å². The van der Waals surface area contributed by atoms with Crippen LogP contribution in [0.5, 0.6) is 11.5 Å². The van der Waals surface area contributed by atoms with Gasteiger partial charge in [-0.25, -0.2) is 5.43 Å². The SMILES string of the molecule is O=C(N/N=C/c1ccc(-c2ccc(Cl)cc2Cl)o1)c1ccc2c(c1)OCO2. The molecular formula is C19H12Cl2N2O4. The van der Waals surface area contributed by atoms with Gasteiger partial charge < -0.3 is 13.9 Å². The van der Waals surface area contributed by atoms with Gasteiger partial charge >= 0.3 is 0 Å². The molecule has 0 atom stereocenters. The lowest BCUT2D eigenvalue weighted by Gasteiger charge is -2.01. The standard InChI is InChI=1S/C19H12Cl2N2O4/c20-12-2-4-14(15(21)8-12)16-6-3-13(27-16)9-22-23-19(24)11-1-5-17-18(7-11)26-10-25-17/h1-9H,10H2,(H,23,24)/b22-9+. The molecule has 0 saturated carbocycles. The van der Waals surface area contributed by atoms with Gasteiger partial charge in [0.25, 0.3) is 5.91 Å². The number of furan rings is 1. The highest BCUT2D eigenvalue weighted by Gasteiger charge is 2.16. The molecule has 0 fully saturated rings. The molecule has 1 amide bonds. The topological polar surface area (TPSA) is 73.1 Å². The van der Waals surface area contributed by atoms with Gasteiger partial charge in [0.15, 0.2) is 11.5 Å². The smallest absolute Gasteiger partial charge is 0.271 e. The number of carbonyl (C=O) groups excluding carboxylic acids is 1. The van der Waals surface area contributed by atoms with E-state index in [1.165, 1.54) is 6.21 Å². The Morgan fingerprint density at radius 1 is 1.04 bits per heavy atom. The fraction of sp³-hybridized carbons (Fsp3) is 0.0526. The molecule has 1 N–H and O–H groups in total. The number of benzene rings is 2. The highest BCUT2D eigenvalue weighted by molar-refractivity contribution is 6.36. The van der Waals surface area contributed by atoms with Gasteiger partial charge in [0, 0.05) is 16.1 Å². The quantitative estimate of drug-likeness (QED) is 0.504. The van der Waals surface area contributed by atoms with Gasteiger partial charge in [0.05, 0.1) is 11.2 Å². The van der Waals surface area contributed by atoms with Crippen molar-refractivity contribution >= 4 is 35.3 Å². The summed E-state index contributed by atoms with van der Waals surface area (Å²) in [7, 11) is 0. The minimum atomic E-state index is -0.378. The summed E-state index contributed by atoms with van der Waals surface area (Å²) in [6.07, 6.45) is 1.40. The summed E-state index contributed by atoms with van der Waals surface area (Å²) in [5.41, 5.74) is 3.56. The maximum absolute atomic E-state index is 12.2. The Labute approximate surface area is 164 Å². The van der Waals surface area contributed by atoms with Gasteiger partial charge in [-0.05, 0) is 48.5 Å². The van der Waals surface area contributed by atoms with Crippen molar-refractivity contribution in [2.45, 2.75) is 0 Å². The lowest BCUT2D eigenvalue weighted by molar-refractivity contribution is 0.0954. The van der Waals surface area contributed by atoms with Crippen LogP contribution in [0.15, 0.2) is 58.0 Å². The van der Waals surface area contributed by atoms with E-state index in [4.69, 9.17) is 37.1 Å². The van der Waals surface area contributed by atoms with Crippen LogP contribution in [0.2, 0.25) is 10.0 Å². The van der Waals surface area contributed by atoms with Crippen molar-refractivity contribution < 1.29 is 18.7 Å². The number of hydrazone groups is 1. The van der Waals surface area contributed by atoms with Crippen molar-refractivity contribution in [3.8, 4) is 22.8 Å². The third kappa shape index (κ3) is 3.77. The number of amides is 1. The lowest BCUT2D eigenvalue weighted by atomic mass is 10.2. The molecule has 8 heteroatoms. The van der Waals surface area contributed by atoms with E-state index in [0.717, 1.165) is 0 Å². The van der Waals surface area contributed by atoms with Gasteiger partial charge in [-0.2, -0.15) is 5.10 Å². The highest BCUT2D eigenvalue weighted by atomic mass is 35.5. The average molecular weight is 403 g/mol. The zero-order valence-electron chi connectivity index (χ0n) is 13.7. The predicted molar refractivity (Wildman–Crippen MR) is 102 cm³/mol. The Balaban J connectivity index is 1.43. The number of halogens is 2. The molecule has 0 unspecified atom stereocenters. The number of rotatable bonds is 4. The maximum Gasteiger partial charge on any atom is 0.271 e. The fourth-order valence-corrected chi connectivity index (χ4v) is 3.01. The zero-order valence-corrected chi connectivity index (χ0v) is 15.3. The van der Waals surface area contributed by atoms with E-state index < -0.39 is 0 Å². The normalized spacial score (nSPS) is 12.5. The minimum absolute atomic E-state index is 0.150. The summed E-state index contributed by atoms with van der Waals surface area (Å²) in [6.45, 7) is 0.150. The van der Waals surface area contributed by atoms with Crippen molar-refractivity contribution in [2.24, 2.45) is 5.10 Å². The molecule has 0 aliphatic carbocycles. The van der Waals surface area contributed by atoms with Crippen molar-refractivity contribution in [1.82, 2.24) is 5.43 Å². The van der Waals surface area contributed by atoms with Gasteiger partial charge in [-0.1, -0.05) is 23.2 Å². The lowest BCUT2D eigenvalue weighted by Crippen LogP contribution is -2.17. The van der Waals surface area contributed by atoms with Crippen LogP contribution in [0.3, 0.4) is 0 Å². The van der Waals surface area contributed by atoms with Gasteiger partial charge in [0.1, 0.15) is 11.5 Å². The second kappa shape index (κ2) is 7.34. The van der Waals surface area contributed by atoms with E-state index in [-0.39, 0.29) is 12.7 Å². The summed E-state index contributed by atoms with van der Waals surface area (Å²) in [5.74, 6) is 1.79. The molecule has 136 valence electrons. The monoisotopic (exact) mass is 402 g/mol. The number of nitrogens with zero attached hydrogens (tertiary/aromatic N) is 1. The Morgan fingerprint density at radius 3 is 2.74 bits per heavy atom. The van der Waals surface area contributed by atoms with Crippen LogP contribution in [0.1, 0.15) is 16.1 Å². The maximum atomic E-state index is 12.2. The second-order valence-corrected chi connectivity index (χ2v) is 6.44. The minimum Gasteiger partial charge on any atom is -0.455 e. The fourth-order valence-electron chi connectivity index (χ4n) is 2.51. The van der Waals surface area contributed by atoms with Gasteiger partial charge in [-0.3, -0.25) is 4.79 Å². The second-order valence-electron chi connectivity index (χ2n) is 5.59. The van der Waals surface area contributed by atoms with E-state index in [1.807, 2.05) is 0 Å². The van der Waals surface area contributed by atoms with E-state index in [2.05, 4.69) is 10.5 Å². The summed E-state index contributed by atoms with van der Waals surface area (Å²) < 4.78 is 16.1. The van der Waals surface area contributed by atoms with E-state index >= 15 is 0 Å². The van der Waals surface area contributed by atoms with Crippen LogP contribution in [0.25, 0.3) is 11.3 Å². The first-order valence-electron chi connectivity index (χ1n) is 7.88.